The molecule has 1 aromatic carbocycles. The first kappa shape index (κ1) is 14.8. The molecule has 5 heteroatoms. The summed E-state index contributed by atoms with van der Waals surface area (Å²) in [6.07, 6.45) is 3.21. The number of aryl methyl sites for hydroxylation is 1. The van der Waals surface area contributed by atoms with Crippen LogP contribution in [-0.4, -0.2) is 34.0 Å². The van der Waals surface area contributed by atoms with E-state index >= 15 is 0 Å². The Labute approximate surface area is 130 Å². The maximum atomic E-state index is 12.5. The van der Waals surface area contributed by atoms with E-state index in [4.69, 9.17) is 4.52 Å². The maximum absolute atomic E-state index is 12.5. The fourth-order valence-electron chi connectivity index (χ4n) is 2.86. The van der Waals surface area contributed by atoms with Crippen molar-refractivity contribution in [3.63, 3.8) is 0 Å². The Morgan fingerprint density at radius 2 is 2.18 bits per heavy atom. The number of aromatic nitrogens is 2. The quantitative estimate of drug-likeness (QED) is 0.870. The lowest BCUT2D eigenvalue weighted by atomic mass is 9.97. The van der Waals surface area contributed by atoms with Gasteiger partial charge in [0.15, 0.2) is 5.82 Å². The summed E-state index contributed by atoms with van der Waals surface area (Å²) in [5.74, 6) is 1.75. The Morgan fingerprint density at radius 1 is 1.36 bits per heavy atom. The predicted molar refractivity (Wildman–Crippen MR) is 82.4 cm³/mol. The average molecular weight is 299 g/mol. The summed E-state index contributed by atoms with van der Waals surface area (Å²) in [6.45, 7) is 3.50. The molecule has 1 unspecified atom stereocenters. The highest BCUT2D eigenvalue weighted by Gasteiger charge is 2.28. The number of hydrogen-bond acceptors (Lipinski definition) is 4. The van der Waals surface area contributed by atoms with Gasteiger partial charge in [-0.3, -0.25) is 4.79 Å². The lowest BCUT2D eigenvalue weighted by molar-refractivity contribution is -0.131. The molecular formula is C17H21N3O2. The summed E-state index contributed by atoms with van der Waals surface area (Å²) in [5, 5.41) is 3.96. The predicted octanol–water partition coefficient (Wildman–Crippen LogP) is 2.58. The van der Waals surface area contributed by atoms with Gasteiger partial charge in [-0.2, -0.15) is 4.98 Å². The third-order valence-electron chi connectivity index (χ3n) is 4.12. The zero-order valence-electron chi connectivity index (χ0n) is 12.9. The van der Waals surface area contributed by atoms with Crippen LogP contribution in [-0.2, 0) is 17.6 Å². The maximum Gasteiger partial charge on any atom is 0.231 e. The fourth-order valence-corrected chi connectivity index (χ4v) is 2.86. The van der Waals surface area contributed by atoms with E-state index in [-0.39, 0.29) is 11.8 Å². The molecule has 2 aromatic rings. The molecule has 0 spiro atoms. The summed E-state index contributed by atoms with van der Waals surface area (Å²) in [6, 6.07) is 9.88. The topological polar surface area (TPSA) is 59.2 Å². The normalized spacial score (nSPS) is 18.4. The molecule has 1 fully saturated rings. The van der Waals surface area contributed by atoms with E-state index in [9.17, 15) is 4.79 Å². The van der Waals surface area contributed by atoms with E-state index in [1.165, 1.54) is 0 Å². The number of likely N-dealkylation sites (tertiary alicyclic amines) is 1. The Kier molecular flexibility index (Phi) is 4.51. The van der Waals surface area contributed by atoms with Crippen molar-refractivity contribution in [1.82, 2.24) is 15.0 Å². The monoisotopic (exact) mass is 299 g/mol. The molecule has 0 saturated carbocycles. The van der Waals surface area contributed by atoms with Crippen molar-refractivity contribution < 1.29 is 9.32 Å². The van der Waals surface area contributed by atoms with Gasteiger partial charge in [0.2, 0.25) is 11.8 Å². The minimum Gasteiger partial charge on any atom is -0.342 e. The van der Waals surface area contributed by atoms with E-state index in [0.717, 1.165) is 37.2 Å². The van der Waals surface area contributed by atoms with Crippen LogP contribution in [0.4, 0.5) is 0 Å². The number of carbonyl (C=O) groups is 1. The Bertz CT molecular complexity index is 624. The molecule has 0 bridgehead atoms. The molecule has 5 nitrogen and oxygen atoms in total. The third kappa shape index (κ3) is 3.35. The molecule has 2 heterocycles. The number of rotatable bonds is 4. The highest BCUT2D eigenvalue weighted by atomic mass is 16.5. The van der Waals surface area contributed by atoms with Gasteiger partial charge in [-0.25, -0.2) is 0 Å². The van der Waals surface area contributed by atoms with Crippen LogP contribution >= 0.6 is 0 Å². The van der Waals surface area contributed by atoms with Gasteiger partial charge in [0.25, 0.3) is 0 Å². The SMILES string of the molecule is CCc1noc(C2CCCN(C(=O)Cc3ccccc3)C2)n1. The smallest absolute Gasteiger partial charge is 0.231 e. The van der Waals surface area contributed by atoms with Crippen LogP contribution < -0.4 is 0 Å². The van der Waals surface area contributed by atoms with Crippen molar-refractivity contribution in [2.75, 3.05) is 13.1 Å². The number of hydrogen-bond donors (Lipinski definition) is 0. The second-order valence-electron chi connectivity index (χ2n) is 5.74. The highest BCUT2D eigenvalue weighted by Crippen LogP contribution is 2.26. The number of benzene rings is 1. The van der Waals surface area contributed by atoms with Crippen LogP contribution in [0.15, 0.2) is 34.9 Å². The largest absolute Gasteiger partial charge is 0.342 e. The molecule has 22 heavy (non-hydrogen) atoms. The van der Waals surface area contributed by atoms with Gasteiger partial charge in [0, 0.05) is 19.5 Å². The Morgan fingerprint density at radius 3 is 2.91 bits per heavy atom. The minimum atomic E-state index is 0.168. The summed E-state index contributed by atoms with van der Waals surface area (Å²) in [5.41, 5.74) is 1.06. The molecule has 1 aromatic heterocycles. The second kappa shape index (κ2) is 6.73. The Balaban J connectivity index is 1.63. The molecule has 1 aliphatic rings. The van der Waals surface area contributed by atoms with Gasteiger partial charge in [-0.05, 0) is 18.4 Å². The summed E-state index contributed by atoms with van der Waals surface area (Å²) in [4.78, 5) is 18.8. The lowest BCUT2D eigenvalue weighted by Gasteiger charge is -2.31. The van der Waals surface area contributed by atoms with E-state index in [2.05, 4.69) is 10.1 Å². The van der Waals surface area contributed by atoms with Crippen molar-refractivity contribution in [1.29, 1.82) is 0 Å². The number of amides is 1. The van der Waals surface area contributed by atoms with Crippen molar-refractivity contribution in [2.45, 2.75) is 38.5 Å². The Hall–Kier alpha value is -2.17. The van der Waals surface area contributed by atoms with Crippen molar-refractivity contribution in [2.24, 2.45) is 0 Å². The fraction of sp³-hybridized carbons (Fsp3) is 0.471. The first-order chi connectivity index (χ1) is 10.8. The van der Waals surface area contributed by atoms with Crippen LogP contribution in [0.5, 0.6) is 0 Å². The first-order valence-corrected chi connectivity index (χ1v) is 7.90. The lowest BCUT2D eigenvalue weighted by Crippen LogP contribution is -2.40. The molecule has 1 saturated heterocycles. The van der Waals surface area contributed by atoms with Gasteiger partial charge < -0.3 is 9.42 Å². The molecule has 1 atom stereocenters. The molecule has 3 rings (SSSR count). The van der Waals surface area contributed by atoms with Crippen LogP contribution in [0.3, 0.4) is 0 Å². The average Bonchev–Trinajstić information content (AvgIpc) is 3.05. The highest BCUT2D eigenvalue weighted by molar-refractivity contribution is 5.78. The first-order valence-electron chi connectivity index (χ1n) is 7.90. The molecule has 1 amide bonds. The molecular weight excluding hydrogens is 278 g/mol. The van der Waals surface area contributed by atoms with Gasteiger partial charge in [0.1, 0.15) is 0 Å². The van der Waals surface area contributed by atoms with E-state index in [1.807, 2.05) is 42.2 Å². The van der Waals surface area contributed by atoms with Crippen LogP contribution in [0, 0.1) is 0 Å². The van der Waals surface area contributed by atoms with Crippen molar-refractivity contribution >= 4 is 5.91 Å². The van der Waals surface area contributed by atoms with E-state index in [0.29, 0.717) is 18.9 Å². The third-order valence-corrected chi connectivity index (χ3v) is 4.12. The number of carbonyl (C=O) groups excluding carboxylic acids is 1. The second-order valence-corrected chi connectivity index (χ2v) is 5.74. The number of piperidine rings is 1. The van der Waals surface area contributed by atoms with Crippen LogP contribution in [0.1, 0.15) is 43.0 Å². The van der Waals surface area contributed by atoms with Gasteiger partial charge in [-0.15, -0.1) is 0 Å². The van der Waals surface area contributed by atoms with Crippen LogP contribution in [0.2, 0.25) is 0 Å². The van der Waals surface area contributed by atoms with Crippen LogP contribution in [0.25, 0.3) is 0 Å². The van der Waals surface area contributed by atoms with Gasteiger partial charge in [0.05, 0.1) is 12.3 Å². The molecule has 0 aliphatic carbocycles. The summed E-state index contributed by atoms with van der Waals surface area (Å²) < 4.78 is 5.34. The van der Waals surface area contributed by atoms with Crippen molar-refractivity contribution in [3.05, 3.63) is 47.6 Å². The molecule has 0 radical (unpaired) electrons. The summed E-state index contributed by atoms with van der Waals surface area (Å²) in [7, 11) is 0. The van der Waals surface area contributed by atoms with E-state index in [1.54, 1.807) is 0 Å². The van der Waals surface area contributed by atoms with Gasteiger partial charge >= 0.3 is 0 Å². The standard InChI is InChI=1S/C17H21N3O2/c1-2-15-18-17(22-19-15)14-9-6-10-20(12-14)16(21)11-13-7-4-3-5-8-13/h3-5,7-8,14H,2,6,9-12H2,1H3. The summed E-state index contributed by atoms with van der Waals surface area (Å²) >= 11 is 0. The van der Waals surface area contributed by atoms with Crippen molar-refractivity contribution in [3.8, 4) is 0 Å². The minimum absolute atomic E-state index is 0.168. The molecule has 0 N–H and O–H groups in total. The zero-order chi connectivity index (χ0) is 15.4. The van der Waals surface area contributed by atoms with Gasteiger partial charge in [-0.1, -0.05) is 42.4 Å². The molecule has 1 aliphatic heterocycles. The zero-order valence-corrected chi connectivity index (χ0v) is 12.9. The molecule has 116 valence electrons. The van der Waals surface area contributed by atoms with E-state index < -0.39 is 0 Å². The number of nitrogens with zero attached hydrogens (tertiary/aromatic N) is 3.